The first kappa shape index (κ1) is 14.3. The molecular formula is C19H23NO. The fraction of sp³-hybridized carbons (Fsp3) is 0.368. The SMILES string of the molecule is CC(C)(C)C[C@@]1(O)c2ccccc2-c2ccccc2[C@H]1N. The molecule has 0 aliphatic heterocycles. The van der Waals surface area contributed by atoms with E-state index in [0.29, 0.717) is 6.42 Å². The molecule has 1 aliphatic rings. The zero-order valence-corrected chi connectivity index (χ0v) is 12.9. The zero-order chi connectivity index (χ0) is 15.3. The highest BCUT2D eigenvalue weighted by Crippen LogP contribution is 2.51. The van der Waals surface area contributed by atoms with Gasteiger partial charge in [-0.05, 0) is 34.1 Å². The van der Waals surface area contributed by atoms with Gasteiger partial charge in [0.05, 0.1) is 6.04 Å². The molecule has 3 rings (SSSR count). The number of rotatable bonds is 1. The maximum absolute atomic E-state index is 11.4. The first-order valence-electron chi connectivity index (χ1n) is 7.50. The van der Waals surface area contributed by atoms with E-state index < -0.39 is 11.6 Å². The summed E-state index contributed by atoms with van der Waals surface area (Å²) >= 11 is 0. The van der Waals surface area contributed by atoms with Gasteiger partial charge in [-0.3, -0.25) is 0 Å². The summed E-state index contributed by atoms with van der Waals surface area (Å²) < 4.78 is 0. The molecule has 1 aliphatic carbocycles. The molecule has 0 saturated carbocycles. The molecule has 2 aromatic carbocycles. The number of hydrogen-bond donors (Lipinski definition) is 2. The molecule has 0 radical (unpaired) electrons. The van der Waals surface area contributed by atoms with Gasteiger partial charge in [-0.25, -0.2) is 0 Å². The number of hydrogen-bond acceptors (Lipinski definition) is 2. The van der Waals surface area contributed by atoms with Crippen molar-refractivity contribution in [1.29, 1.82) is 0 Å². The molecule has 2 atom stereocenters. The molecule has 0 aromatic heterocycles. The van der Waals surface area contributed by atoms with Crippen molar-refractivity contribution in [3.05, 3.63) is 59.7 Å². The Morgan fingerprint density at radius 3 is 2.24 bits per heavy atom. The summed E-state index contributed by atoms with van der Waals surface area (Å²) in [6.45, 7) is 6.42. The van der Waals surface area contributed by atoms with E-state index in [1.165, 1.54) is 0 Å². The second-order valence-corrected chi connectivity index (χ2v) is 7.27. The standard InChI is InChI=1S/C19H23NO/c1-18(2,3)12-19(21)16-11-7-6-9-14(16)13-8-4-5-10-15(13)17(19)20/h4-11,17,21H,12,20H2,1-3H3/t17-,19-/m1/s1. The largest absolute Gasteiger partial charge is 0.383 e. The third-order valence-electron chi connectivity index (χ3n) is 4.29. The van der Waals surface area contributed by atoms with Gasteiger partial charge in [0.25, 0.3) is 0 Å². The van der Waals surface area contributed by atoms with Gasteiger partial charge in [-0.1, -0.05) is 69.3 Å². The van der Waals surface area contributed by atoms with E-state index in [9.17, 15) is 5.11 Å². The van der Waals surface area contributed by atoms with Gasteiger partial charge in [-0.15, -0.1) is 0 Å². The fourth-order valence-corrected chi connectivity index (χ4v) is 3.55. The van der Waals surface area contributed by atoms with Crippen molar-refractivity contribution in [3.8, 4) is 11.1 Å². The summed E-state index contributed by atoms with van der Waals surface area (Å²) in [7, 11) is 0. The molecule has 0 spiro atoms. The van der Waals surface area contributed by atoms with E-state index in [-0.39, 0.29) is 5.41 Å². The van der Waals surface area contributed by atoms with Crippen molar-refractivity contribution in [2.24, 2.45) is 11.1 Å². The molecule has 2 heteroatoms. The Bertz CT molecular complexity index is 671. The van der Waals surface area contributed by atoms with Crippen LogP contribution in [-0.2, 0) is 5.60 Å². The van der Waals surface area contributed by atoms with Gasteiger partial charge >= 0.3 is 0 Å². The molecular weight excluding hydrogens is 258 g/mol. The average molecular weight is 281 g/mol. The monoisotopic (exact) mass is 281 g/mol. The Morgan fingerprint density at radius 1 is 1.00 bits per heavy atom. The minimum Gasteiger partial charge on any atom is -0.383 e. The van der Waals surface area contributed by atoms with Gasteiger partial charge in [-0.2, -0.15) is 0 Å². The highest BCUT2D eigenvalue weighted by atomic mass is 16.3. The summed E-state index contributed by atoms with van der Waals surface area (Å²) in [4.78, 5) is 0. The summed E-state index contributed by atoms with van der Waals surface area (Å²) in [5.74, 6) is 0. The van der Waals surface area contributed by atoms with Gasteiger partial charge in [0.2, 0.25) is 0 Å². The number of aliphatic hydroxyl groups is 1. The van der Waals surface area contributed by atoms with E-state index in [1.54, 1.807) is 0 Å². The molecule has 2 aromatic rings. The highest BCUT2D eigenvalue weighted by molar-refractivity contribution is 5.75. The number of nitrogens with two attached hydrogens (primary N) is 1. The third-order valence-corrected chi connectivity index (χ3v) is 4.29. The topological polar surface area (TPSA) is 46.2 Å². The van der Waals surface area contributed by atoms with Crippen LogP contribution in [0, 0.1) is 5.41 Å². The van der Waals surface area contributed by atoms with Crippen LogP contribution < -0.4 is 5.73 Å². The molecule has 0 fully saturated rings. The molecule has 0 amide bonds. The van der Waals surface area contributed by atoms with E-state index in [1.807, 2.05) is 36.4 Å². The number of benzene rings is 2. The van der Waals surface area contributed by atoms with Crippen LogP contribution in [-0.4, -0.2) is 5.11 Å². The summed E-state index contributed by atoms with van der Waals surface area (Å²) in [6, 6.07) is 15.8. The van der Waals surface area contributed by atoms with Crippen molar-refractivity contribution in [1.82, 2.24) is 0 Å². The van der Waals surface area contributed by atoms with Crippen molar-refractivity contribution in [2.45, 2.75) is 38.8 Å². The normalized spacial score (nSPS) is 24.3. The van der Waals surface area contributed by atoms with Gasteiger partial charge < -0.3 is 10.8 Å². The summed E-state index contributed by atoms with van der Waals surface area (Å²) in [5, 5.41) is 11.4. The van der Waals surface area contributed by atoms with E-state index in [4.69, 9.17) is 5.73 Å². The second kappa shape index (κ2) is 4.69. The predicted molar refractivity (Wildman–Crippen MR) is 86.8 cm³/mol. The fourth-order valence-electron chi connectivity index (χ4n) is 3.55. The quantitative estimate of drug-likeness (QED) is 0.830. The van der Waals surface area contributed by atoms with Crippen LogP contribution in [0.2, 0.25) is 0 Å². The van der Waals surface area contributed by atoms with Crippen LogP contribution in [0.5, 0.6) is 0 Å². The Hall–Kier alpha value is -1.64. The molecule has 110 valence electrons. The molecule has 2 nitrogen and oxygen atoms in total. The van der Waals surface area contributed by atoms with Crippen molar-refractivity contribution in [3.63, 3.8) is 0 Å². The maximum Gasteiger partial charge on any atom is 0.110 e. The van der Waals surface area contributed by atoms with Gasteiger partial charge in [0.1, 0.15) is 5.60 Å². The van der Waals surface area contributed by atoms with Crippen molar-refractivity contribution >= 4 is 0 Å². The van der Waals surface area contributed by atoms with Crippen molar-refractivity contribution in [2.75, 3.05) is 0 Å². The Morgan fingerprint density at radius 2 is 1.57 bits per heavy atom. The van der Waals surface area contributed by atoms with E-state index in [2.05, 4.69) is 32.9 Å². The Kier molecular flexibility index (Phi) is 3.19. The van der Waals surface area contributed by atoms with Crippen LogP contribution in [0.3, 0.4) is 0 Å². The molecule has 0 bridgehead atoms. The molecule has 21 heavy (non-hydrogen) atoms. The molecule has 0 saturated heterocycles. The Labute approximate surface area is 126 Å². The van der Waals surface area contributed by atoms with Crippen LogP contribution in [0.4, 0.5) is 0 Å². The van der Waals surface area contributed by atoms with Crippen LogP contribution in [0.15, 0.2) is 48.5 Å². The van der Waals surface area contributed by atoms with Gasteiger partial charge in [0, 0.05) is 0 Å². The lowest BCUT2D eigenvalue weighted by molar-refractivity contribution is -0.0286. The van der Waals surface area contributed by atoms with Crippen LogP contribution in [0.1, 0.15) is 44.4 Å². The average Bonchev–Trinajstić information content (AvgIpc) is 2.43. The number of fused-ring (bicyclic) bond motifs is 3. The lowest BCUT2D eigenvalue weighted by Gasteiger charge is -2.44. The smallest absolute Gasteiger partial charge is 0.110 e. The third kappa shape index (κ3) is 2.29. The Balaban J connectivity index is 2.25. The van der Waals surface area contributed by atoms with Crippen LogP contribution in [0.25, 0.3) is 11.1 Å². The minimum atomic E-state index is -1.02. The lowest BCUT2D eigenvalue weighted by Crippen LogP contribution is -2.44. The second-order valence-electron chi connectivity index (χ2n) is 7.27. The van der Waals surface area contributed by atoms with E-state index >= 15 is 0 Å². The van der Waals surface area contributed by atoms with Crippen LogP contribution >= 0.6 is 0 Å². The van der Waals surface area contributed by atoms with Gasteiger partial charge in [0.15, 0.2) is 0 Å². The highest BCUT2D eigenvalue weighted by Gasteiger charge is 2.45. The molecule has 0 heterocycles. The minimum absolute atomic E-state index is 0.00817. The lowest BCUT2D eigenvalue weighted by atomic mass is 9.67. The molecule has 0 unspecified atom stereocenters. The zero-order valence-electron chi connectivity index (χ0n) is 12.9. The first-order valence-corrected chi connectivity index (χ1v) is 7.50. The van der Waals surface area contributed by atoms with Crippen molar-refractivity contribution < 1.29 is 5.11 Å². The summed E-state index contributed by atoms with van der Waals surface area (Å²) in [5.41, 5.74) is 9.68. The molecule has 3 N–H and O–H groups in total. The summed E-state index contributed by atoms with van der Waals surface area (Å²) in [6.07, 6.45) is 0.631. The first-order chi connectivity index (χ1) is 9.83. The maximum atomic E-state index is 11.4. The van der Waals surface area contributed by atoms with E-state index in [0.717, 1.165) is 22.3 Å². The predicted octanol–water partition coefficient (Wildman–Crippen LogP) is 3.99.